The lowest BCUT2D eigenvalue weighted by atomic mass is 10.1. The molecule has 4 aromatic rings. The number of anilines is 1. The fourth-order valence-corrected chi connectivity index (χ4v) is 4.81. The summed E-state index contributed by atoms with van der Waals surface area (Å²) in [6.45, 7) is 4.54. The fraction of sp³-hybridized carbons (Fsp3) is 0.318. The Hall–Kier alpha value is -3.33. The highest BCUT2D eigenvalue weighted by Crippen LogP contribution is 2.28. The molecule has 0 aliphatic carbocycles. The first kappa shape index (κ1) is 19.6. The van der Waals surface area contributed by atoms with Crippen molar-refractivity contribution in [1.82, 2.24) is 20.0 Å². The topological polar surface area (TPSA) is 101 Å². The summed E-state index contributed by atoms with van der Waals surface area (Å²) in [7, 11) is 0. The number of hydrogen-bond donors (Lipinski definition) is 1. The van der Waals surface area contributed by atoms with Crippen LogP contribution < -0.4 is 5.32 Å². The lowest BCUT2D eigenvalue weighted by molar-refractivity contribution is -0.119. The number of benzene rings is 1. The van der Waals surface area contributed by atoms with E-state index in [4.69, 9.17) is 4.52 Å². The predicted octanol–water partition coefficient (Wildman–Crippen LogP) is 4.20. The minimum atomic E-state index is -0.540. The maximum atomic E-state index is 13.2. The van der Waals surface area contributed by atoms with Gasteiger partial charge in [-0.2, -0.15) is 0 Å². The number of likely N-dealkylation sites (tertiary alicyclic amines) is 1. The van der Waals surface area contributed by atoms with Gasteiger partial charge in [-0.25, -0.2) is 9.97 Å². The lowest BCUT2D eigenvalue weighted by Gasteiger charge is -2.23. The smallest absolute Gasteiger partial charge is 0.257 e. The molecule has 2 amide bonds. The molecule has 31 heavy (non-hydrogen) atoms. The molecule has 1 aromatic carbocycles. The average Bonchev–Trinajstić information content (AvgIpc) is 3.49. The monoisotopic (exact) mass is 435 g/mol. The molecule has 1 aliphatic rings. The zero-order valence-electron chi connectivity index (χ0n) is 17.2. The number of rotatable bonds is 4. The van der Waals surface area contributed by atoms with E-state index >= 15 is 0 Å². The van der Waals surface area contributed by atoms with Gasteiger partial charge in [0.25, 0.3) is 11.6 Å². The van der Waals surface area contributed by atoms with Crippen molar-refractivity contribution in [2.24, 2.45) is 0 Å². The molecule has 4 heterocycles. The highest BCUT2D eigenvalue weighted by atomic mass is 32.1. The zero-order valence-corrected chi connectivity index (χ0v) is 18.0. The molecule has 1 fully saturated rings. The summed E-state index contributed by atoms with van der Waals surface area (Å²) in [4.78, 5) is 36.6. The lowest BCUT2D eigenvalue weighted by Crippen LogP contribution is -2.43. The first-order valence-corrected chi connectivity index (χ1v) is 11.1. The number of carbonyl (C=O) groups is 2. The van der Waals surface area contributed by atoms with Crippen molar-refractivity contribution in [3.05, 3.63) is 47.8 Å². The van der Waals surface area contributed by atoms with E-state index in [2.05, 4.69) is 20.4 Å². The number of amides is 2. The van der Waals surface area contributed by atoms with Crippen molar-refractivity contribution < 1.29 is 14.1 Å². The SMILES string of the molecule is CC(C)c1noc2ncc(C(=O)N3CCCC3C(=O)Nc3nc4ccccc4s3)cc12. The van der Waals surface area contributed by atoms with E-state index < -0.39 is 6.04 Å². The first-order chi connectivity index (χ1) is 15.0. The summed E-state index contributed by atoms with van der Waals surface area (Å²) >= 11 is 1.42. The minimum absolute atomic E-state index is 0.146. The minimum Gasteiger partial charge on any atom is -0.336 e. The van der Waals surface area contributed by atoms with Crippen LogP contribution in [0.1, 0.15) is 48.7 Å². The van der Waals surface area contributed by atoms with Crippen LogP contribution in [0.2, 0.25) is 0 Å². The van der Waals surface area contributed by atoms with Crippen LogP contribution >= 0.6 is 11.3 Å². The van der Waals surface area contributed by atoms with Crippen LogP contribution in [0, 0.1) is 0 Å². The molecular formula is C22H21N5O3S. The average molecular weight is 436 g/mol. The van der Waals surface area contributed by atoms with Gasteiger partial charge in [0.1, 0.15) is 6.04 Å². The summed E-state index contributed by atoms with van der Waals surface area (Å²) in [6, 6.07) is 8.95. The van der Waals surface area contributed by atoms with Gasteiger partial charge in [0.15, 0.2) is 5.13 Å². The Balaban J connectivity index is 1.38. The predicted molar refractivity (Wildman–Crippen MR) is 118 cm³/mol. The number of pyridine rings is 1. The number of nitrogens with one attached hydrogen (secondary N) is 1. The highest BCUT2D eigenvalue weighted by Gasteiger charge is 2.35. The third-order valence-electron chi connectivity index (χ3n) is 5.49. The summed E-state index contributed by atoms with van der Waals surface area (Å²) < 4.78 is 6.27. The van der Waals surface area contributed by atoms with Gasteiger partial charge >= 0.3 is 0 Å². The van der Waals surface area contributed by atoms with E-state index in [0.717, 1.165) is 27.7 Å². The Labute approximate surface area is 182 Å². The summed E-state index contributed by atoms with van der Waals surface area (Å²) in [5, 5.41) is 8.23. The Morgan fingerprint density at radius 3 is 2.94 bits per heavy atom. The van der Waals surface area contributed by atoms with Crippen LogP contribution in [-0.4, -0.2) is 44.4 Å². The van der Waals surface area contributed by atoms with Crippen LogP contribution in [0.3, 0.4) is 0 Å². The second-order valence-corrected chi connectivity index (χ2v) is 8.96. The number of carbonyl (C=O) groups excluding carboxylic acids is 2. The highest BCUT2D eigenvalue weighted by molar-refractivity contribution is 7.22. The fourth-order valence-electron chi connectivity index (χ4n) is 3.95. The number of thiazole rings is 1. The van der Waals surface area contributed by atoms with E-state index in [1.807, 2.05) is 38.1 Å². The summed E-state index contributed by atoms with van der Waals surface area (Å²) in [6.07, 6.45) is 2.87. The Morgan fingerprint density at radius 1 is 1.29 bits per heavy atom. The van der Waals surface area contributed by atoms with Gasteiger partial charge in [0.05, 0.1) is 26.9 Å². The van der Waals surface area contributed by atoms with Crippen molar-refractivity contribution in [2.45, 2.75) is 38.6 Å². The molecule has 158 valence electrons. The van der Waals surface area contributed by atoms with Crippen molar-refractivity contribution in [3.63, 3.8) is 0 Å². The van der Waals surface area contributed by atoms with Crippen molar-refractivity contribution in [3.8, 4) is 0 Å². The molecule has 1 aliphatic heterocycles. The molecule has 1 N–H and O–H groups in total. The van der Waals surface area contributed by atoms with Gasteiger partial charge in [0.2, 0.25) is 5.91 Å². The van der Waals surface area contributed by atoms with Crippen LogP contribution in [0.4, 0.5) is 5.13 Å². The maximum absolute atomic E-state index is 13.2. The molecule has 0 bridgehead atoms. The Morgan fingerprint density at radius 2 is 2.13 bits per heavy atom. The maximum Gasteiger partial charge on any atom is 0.257 e. The number of nitrogens with zero attached hydrogens (tertiary/aromatic N) is 4. The van der Waals surface area contributed by atoms with E-state index in [-0.39, 0.29) is 17.7 Å². The molecule has 9 heteroatoms. The van der Waals surface area contributed by atoms with Crippen molar-refractivity contribution in [2.75, 3.05) is 11.9 Å². The molecule has 0 spiro atoms. The Bertz CT molecular complexity index is 1260. The standard InChI is InChI=1S/C22H21N5O3S/c1-12(2)18-14-10-13(11-23-20(14)30-26-18)21(29)27-9-5-7-16(27)19(28)25-22-24-15-6-3-4-8-17(15)31-22/h3-4,6,8,10-12,16H,5,7,9H2,1-2H3,(H,24,25,28). The van der Waals surface area contributed by atoms with Gasteiger partial charge < -0.3 is 14.7 Å². The molecule has 1 unspecified atom stereocenters. The molecule has 5 rings (SSSR count). The molecule has 0 radical (unpaired) electrons. The summed E-state index contributed by atoms with van der Waals surface area (Å²) in [5.74, 6) is -0.286. The molecular weight excluding hydrogens is 414 g/mol. The first-order valence-electron chi connectivity index (χ1n) is 10.2. The largest absolute Gasteiger partial charge is 0.336 e. The van der Waals surface area contributed by atoms with Crippen LogP contribution in [0.25, 0.3) is 21.3 Å². The third-order valence-corrected chi connectivity index (χ3v) is 6.44. The van der Waals surface area contributed by atoms with Crippen LogP contribution in [0.15, 0.2) is 41.1 Å². The van der Waals surface area contributed by atoms with E-state index in [1.54, 1.807) is 11.0 Å². The number of para-hydroxylation sites is 1. The quantitative estimate of drug-likeness (QED) is 0.516. The number of aromatic nitrogens is 3. The number of fused-ring (bicyclic) bond motifs is 2. The van der Waals surface area contributed by atoms with Gasteiger partial charge in [0, 0.05) is 12.7 Å². The molecule has 8 nitrogen and oxygen atoms in total. The second kappa shape index (κ2) is 7.73. The van der Waals surface area contributed by atoms with Crippen molar-refractivity contribution >= 4 is 49.6 Å². The molecule has 1 saturated heterocycles. The van der Waals surface area contributed by atoms with E-state index in [1.165, 1.54) is 17.5 Å². The molecule has 0 saturated carbocycles. The van der Waals surface area contributed by atoms with E-state index in [9.17, 15) is 9.59 Å². The van der Waals surface area contributed by atoms with E-state index in [0.29, 0.717) is 29.4 Å². The van der Waals surface area contributed by atoms with Gasteiger partial charge in [-0.15, -0.1) is 0 Å². The zero-order chi connectivity index (χ0) is 21.5. The van der Waals surface area contributed by atoms with Gasteiger partial charge in [-0.05, 0) is 37.0 Å². The van der Waals surface area contributed by atoms with Crippen LogP contribution in [0.5, 0.6) is 0 Å². The molecule has 3 aromatic heterocycles. The second-order valence-electron chi connectivity index (χ2n) is 7.93. The van der Waals surface area contributed by atoms with Crippen LogP contribution in [-0.2, 0) is 4.79 Å². The summed E-state index contributed by atoms with van der Waals surface area (Å²) in [5.41, 5.74) is 2.45. The van der Waals surface area contributed by atoms with Gasteiger partial charge in [-0.3, -0.25) is 9.59 Å². The van der Waals surface area contributed by atoms with Gasteiger partial charge in [-0.1, -0.05) is 42.5 Å². The normalized spacial score (nSPS) is 16.5. The third kappa shape index (κ3) is 3.54. The number of hydrogen-bond acceptors (Lipinski definition) is 7. The Kier molecular flexibility index (Phi) is 4.90. The van der Waals surface area contributed by atoms with Crippen molar-refractivity contribution in [1.29, 1.82) is 0 Å². The molecule has 1 atom stereocenters.